The summed E-state index contributed by atoms with van der Waals surface area (Å²) in [5.41, 5.74) is 1.39. The van der Waals surface area contributed by atoms with Gasteiger partial charge in [0, 0.05) is 48.1 Å². The summed E-state index contributed by atoms with van der Waals surface area (Å²) in [6.07, 6.45) is 6.56. The lowest BCUT2D eigenvalue weighted by Gasteiger charge is -2.19. The van der Waals surface area contributed by atoms with Crippen molar-refractivity contribution in [3.8, 4) is 11.3 Å². The van der Waals surface area contributed by atoms with Crippen molar-refractivity contribution < 1.29 is 0 Å². The third-order valence-electron chi connectivity index (χ3n) is 4.72. The molecular formula is C21H23N5OS. The normalized spacial score (nSPS) is 17.8. The summed E-state index contributed by atoms with van der Waals surface area (Å²) in [6, 6.07) is 16.0. The van der Waals surface area contributed by atoms with Gasteiger partial charge in [0.2, 0.25) is 5.95 Å². The van der Waals surface area contributed by atoms with Gasteiger partial charge in [-0.25, -0.2) is 9.29 Å². The zero-order chi connectivity index (χ0) is 19.2. The molecule has 0 saturated carbocycles. The monoisotopic (exact) mass is 393 g/mol. The van der Waals surface area contributed by atoms with Crippen LogP contribution in [0, 0.1) is 0 Å². The summed E-state index contributed by atoms with van der Waals surface area (Å²) in [7, 11) is 0. The van der Waals surface area contributed by atoms with E-state index in [9.17, 15) is 4.79 Å². The minimum atomic E-state index is -0.154. The number of aromatic nitrogens is 3. The van der Waals surface area contributed by atoms with Crippen LogP contribution in [0.3, 0.4) is 0 Å². The third-order valence-corrected chi connectivity index (χ3v) is 5.83. The highest BCUT2D eigenvalue weighted by Gasteiger charge is 2.18. The first-order chi connectivity index (χ1) is 13.8. The predicted molar refractivity (Wildman–Crippen MR) is 113 cm³/mol. The summed E-state index contributed by atoms with van der Waals surface area (Å²) in [5.74, 6) is 0.536. The third kappa shape index (κ3) is 4.99. The molecule has 28 heavy (non-hydrogen) atoms. The summed E-state index contributed by atoms with van der Waals surface area (Å²) in [4.78, 5) is 24.8. The smallest absolute Gasteiger partial charge is 0.252 e. The Morgan fingerprint density at radius 1 is 1.07 bits per heavy atom. The van der Waals surface area contributed by atoms with Gasteiger partial charge in [-0.1, -0.05) is 18.2 Å². The summed E-state index contributed by atoms with van der Waals surface area (Å²) in [5, 5.41) is 3.44. The van der Waals surface area contributed by atoms with Crippen LogP contribution < -0.4 is 10.9 Å². The van der Waals surface area contributed by atoms with Crippen molar-refractivity contribution in [3.63, 3.8) is 0 Å². The molecule has 2 N–H and O–H groups in total. The number of rotatable bonds is 5. The van der Waals surface area contributed by atoms with E-state index in [1.807, 2.05) is 30.1 Å². The standard InChI is InChI=1S/C21H23N5OS/c27-20-15-19(16-8-11-22-12-9-16)24-21(25-20)23-17-5-4-13-26(14-10-17)28-18-6-2-1-3-7-18/h1-3,6-9,11-12,15,17H,4-5,10,13-14H2,(H2,23,24,25,27). The van der Waals surface area contributed by atoms with Gasteiger partial charge in [0.1, 0.15) is 0 Å². The quantitative estimate of drug-likeness (QED) is 0.642. The van der Waals surface area contributed by atoms with Gasteiger partial charge in [-0.05, 0) is 55.5 Å². The minimum Gasteiger partial charge on any atom is -0.353 e. The van der Waals surface area contributed by atoms with Crippen LogP contribution in [-0.4, -0.2) is 38.4 Å². The molecular weight excluding hydrogens is 370 g/mol. The first kappa shape index (κ1) is 18.7. The van der Waals surface area contributed by atoms with E-state index in [1.165, 1.54) is 11.0 Å². The number of pyridine rings is 1. The molecule has 1 atom stereocenters. The molecule has 1 saturated heterocycles. The van der Waals surface area contributed by atoms with E-state index in [1.54, 1.807) is 12.4 Å². The lowest BCUT2D eigenvalue weighted by Crippen LogP contribution is -2.24. The van der Waals surface area contributed by atoms with E-state index >= 15 is 0 Å². The van der Waals surface area contributed by atoms with E-state index in [2.05, 4.69) is 48.8 Å². The number of H-pyrrole nitrogens is 1. The number of hydrogen-bond donors (Lipinski definition) is 2. The highest BCUT2D eigenvalue weighted by Crippen LogP contribution is 2.26. The molecule has 1 aromatic carbocycles. The zero-order valence-electron chi connectivity index (χ0n) is 15.5. The van der Waals surface area contributed by atoms with Crippen LogP contribution in [0.15, 0.2) is 70.6 Å². The van der Waals surface area contributed by atoms with E-state index in [-0.39, 0.29) is 11.6 Å². The van der Waals surface area contributed by atoms with Gasteiger partial charge < -0.3 is 5.32 Å². The Kier molecular flexibility index (Phi) is 6.04. The maximum absolute atomic E-state index is 12.1. The van der Waals surface area contributed by atoms with Gasteiger partial charge >= 0.3 is 0 Å². The second kappa shape index (κ2) is 9.03. The van der Waals surface area contributed by atoms with Crippen LogP contribution in [-0.2, 0) is 0 Å². The fourth-order valence-electron chi connectivity index (χ4n) is 3.33. The van der Waals surface area contributed by atoms with Crippen molar-refractivity contribution in [3.05, 3.63) is 71.3 Å². The second-order valence-electron chi connectivity index (χ2n) is 6.82. The minimum absolute atomic E-state index is 0.154. The maximum atomic E-state index is 12.1. The number of benzene rings is 1. The van der Waals surface area contributed by atoms with Crippen LogP contribution in [0.5, 0.6) is 0 Å². The topological polar surface area (TPSA) is 73.9 Å². The lowest BCUT2D eigenvalue weighted by molar-refractivity contribution is 0.486. The van der Waals surface area contributed by atoms with Crippen LogP contribution >= 0.6 is 11.9 Å². The van der Waals surface area contributed by atoms with Gasteiger partial charge in [0.05, 0.1) is 5.69 Å². The summed E-state index contributed by atoms with van der Waals surface area (Å²) >= 11 is 1.81. The molecule has 0 radical (unpaired) electrons. The molecule has 3 aromatic rings. The Labute approximate surface area is 168 Å². The average Bonchev–Trinajstić information content (AvgIpc) is 2.94. The highest BCUT2D eigenvalue weighted by molar-refractivity contribution is 7.97. The van der Waals surface area contributed by atoms with Gasteiger partial charge in [-0.15, -0.1) is 0 Å². The van der Waals surface area contributed by atoms with Gasteiger partial charge in [-0.3, -0.25) is 14.8 Å². The van der Waals surface area contributed by atoms with E-state index in [4.69, 9.17) is 0 Å². The fraction of sp³-hybridized carbons (Fsp3) is 0.286. The number of anilines is 1. The van der Waals surface area contributed by atoms with Crippen LogP contribution in [0.1, 0.15) is 19.3 Å². The van der Waals surface area contributed by atoms with E-state index in [0.717, 1.165) is 37.9 Å². The fourth-order valence-corrected chi connectivity index (χ4v) is 4.32. The number of hydrogen-bond acceptors (Lipinski definition) is 6. The van der Waals surface area contributed by atoms with E-state index in [0.29, 0.717) is 11.6 Å². The molecule has 1 fully saturated rings. The number of aromatic amines is 1. The average molecular weight is 394 g/mol. The molecule has 4 rings (SSSR count). The first-order valence-corrected chi connectivity index (χ1v) is 10.3. The molecule has 1 aliphatic rings. The van der Waals surface area contributed by atoms with Crippen LogP contribution in [0.25, 0.3) is 11.3 Å². The van der Waals surface area contributed by atoms with Crippen LogP contribution in [0.4, 0.5) is 5.95 Å². The molecule has 0 amide bonds. The van der Waals surface area contributed by atoms with E-state index < -0.39 is 0 Å². The summed E-state index contributed by atoms with van der Waals surface area (Å²) in [6.45, 7) is 2.05. The SMILES string of the molecule is O=c1cc(-c2ccncc2)nc(NC2CCCN(Sc3ccccc3)CC2)[nH]1. The molecule has 0 aliphatic carbocycles. The molecule has 2 aromatic heterocycles. The van der Waals surface area contributed by atoms with Gasteiger partial charge in [-0.2, -0.15) is 0 Å². The Balaban J connectivity index is 1.41. The van der Waals surface area contributed by atoms with Crippen LogP contribution in [0.2, 0.25) is 0 Å². The molecule has 3 heterocycles. The Hall–Kier alpha value is -2.64. The zero-order valence-corrected chi connectivity index (χ0v) is 16.4. The molecule has 6 nitrogen and oxygen atoms in total. The van der Waals surface area contributed by atoms with Crippen molar-refractivity contribution in [2.75, 3.05) is 18.4 Å². The molecule has 0 bridgehead atoms. The highest BCUT2D eigenvalue weighted by atomic mass is 32.2. The molecule has 1 aliphatic heterocycles. The van der Waals surface area contributed by atoms with Crippen molar-refractivity contribution in [2.24, 2.45) is 0 Å². The predicted octanol–water partition coefficient (Wildman–Crippen LogP) is 3.81. The molecule has 1 unspecified atom stereocenters. The first-order valence-electron chi connectivity index (χ1n) is 9.52. The van der Waals surface area contributed by atoms with Crippen molar-refractivity contribution in [2.45, 2.75) is 30.2 Å². The van der Waals surface area contributed by atoms with Crippen molar-refractivity contribution >= 4 is 17.9 Å². The van der Waals surface area contributed by atoms with Gasteiger partial charge in [0.15, 0.2) is 0 Å². The number of nitrogens with zero attached hydrogens (tertiary/aromatic N) is 3. The van der Waals surface area contributed by atoms with Crippen molar-refractivity contribution in [1.29, 1.82) is 0 Å². The lowest BCUT2D eigenvalue weighted by atomic mass is 10.1. The number of nitrogens with one attached hydrogen (secondary N) is 2. The largest absolute Gasteiger partial charge is 0.353 e. The summed E-state index contributed by atoms with van der Waals surface area (Å²) < 4.78 is 2.42. The molecule has 144 valence electrons. The molecule has 7 heteroatoms. The Morgan fingerprint density at radius 3 is 2.71 bits per heavy atom. The Bertz CT molecular complexity index is 948. The second-order valence-corrected chi connectivity index (χ2v) is 7.99. The van der Waals surface area contributed by atoms with Crippen molar-refractivity contribution in [1.82, 2.24) is 19.3 Å². The Morgan fingerprint density at radius 2 is 1.89 bits per heavy atom. The molecule has 0 spiro atoms. The van der Waals surface area contributed by atoms with Gasteiger partial charge in [0.25, 0.3) is 5.56 Å². The maximum Gasteiger partial charge on any atom is 0.252 e.